The van der Waals surface area contributed by atoms with E-state index in [1.54, 1.807) is 24.3 Å². The number of halogens is 4. The number of aliphatic hydroxyl groups is 1. The van der Waals surface area contributed by atoms with E-state index in [0.717, 1.165) is 0 Å². The van der Waals surface area contributed by atoms with E-state index in [1.165, 1.54) is 17.3 Å². The van der Waals surface area contributed by atoms with Gasteiger partial charge in [0, 0.05) is 11.4 Å². The topological polar surface area (TPSA) is 50.9 Å². The molecule has 1 atom stereocenters. The predicted octanol–water partition coefficient (Wildman–Crippen LogP) is 3.58. The highest BCUT2D eigenvalue weighted by atomic mass is 35.6. The Morgan fingerprint density at radius 2 is 1.80 bits per heavy atom. The van der Waals surface area contributed by atoms with E-state index in [1.807, 2.05) is 0 Å². The van der Waals surface area contributed by atoms with Gasteiger partial charge in [-0.1, -0.05) is 58.5 Å². The van der Waals surface area contributed by atoms with E-state index in [9.17, 15) is 5.11 Å². The average Bonchev–Trinajstić information content (AvgIpc) is 2.79. The minimum atomic E-state index is -1.60. The lowest BCUT2D eigenvalue weighted by atomic mass is 9.91. The molecular formula is C12H11Cl4N3O. The van der Waals surface area contributed by atoms with Crippen molar-refractivity contribution >= 4 is 46.4 Å². The monoisotopic (exact) mass is 353 g/mol. The van der Waals surface area contributed by atoms with Crippen molar-refractivity contribution < 1.29 is 5.11 Å². The zero-order valence-corrected chi connectivity index (χ0v) is 13.2. The summed E-state index contributed by atoms with van der Waals surface area (Å²) in [5.74, 6) is 0. The molecule has 2 rings (SSSR count). The van der Waals surface area contributed by atoms with Gasteiger partial charge in [-0.05, 0) is 17.7 Å². The molecule has 0 radical (unpaired) electrons. The van der Waals surface area contributed by atoms with Crippen molar-refractivity contribution in [3.63, 3.8) is 0 Å². The van der Waals surface area contributed by atoms with Gasteiger partial charge in [0.05, 0.1) is 6.54 Å². The highest BCUT2D eigenvalue weighted by Crippen LogP contribution is 2.40. The summed E-state index contributed by atoms with van der Waals surface area (Å²) >= 11 is 23.4. The number of hydrogen-bond acceptors (Lipinski definition) is 3. The SMILES string of the molecule is OC(Cn1cncn1)(CC(Cl)(Cl)Cl)c1ccc(Cl)cc1. The van der Waals surface area contributed by atoms with Crippen molar-refractivity contribution in [3.8, 4) is 0 Å². The molecule has 0 saturated heterocycles. The van der Waals surface area contributed by atoms with Gasteiger partial charge in [-0.25, -0.2) is 9.67 Å². The lowest BCUT2D eigenvalue weighted by Crippen LogP contribution is -2.35. The predicted molar refractivity (Wildman–Crippen MR) is 80.3 cm³/mol. The molecule has 0 saturated carbocycles. The molecule has 0 bridgehead atoms. The van der Waals surface area contributed by atoms with Crippen molar-refractivity contribution in [2.45, 2.75) is 22.4 Å². The number of benzene rings is 1. The van der Waals surface area contributed by atoms with Crippen LogP contribution in [0.1, 0.15) is 12.0 Å². The second-order valence-electron chi connectivity index (χ2n) is 4.42. The van der Waals surface area contributed by atoms with Gasteiger partial charge in [0.15, 0.2) is 3.79 Å². The van der Waals surface area contributed by atoms with Crippen LogP contribution in [0.5, 0.6) is 0 Å². The minimum absolute atomic E-state index is 0.0911. The van der Waals surface area contributed by atoms with Gasteiger partial charge in [0.25, 0.3) is 0 Å². The van der Waals surface area contributed by atoms with Gasteiger partial charge < -0.3 is 5.11 Å². The summed E-state index contributed by atoms with van der Waals surface area (Å²) in [5.41, 5.74) is -0.812. The van der Waals surface area contributed by atoms with Crippen LogP contribution in [0, 0.1) is 0 Å². The molecule has 1 aromatic heterocycles. The van der Waals surface area contributed by atoms with Crippen molar-refractivity contribution in [3.05, 3.63) is 47.5 Å². The van der Waals surface area contributed by atoms with Crippen LogP contribution in [0.4, 0.5) is 0 Å². The molecule has 0 aliphatic rings. The Hall–Kier alpha value is -0.520. The third kappa shape index (κ3) is 4.24. The molecular weight excluding hydrogens is 344 g/mol. The van der Waals surface area contributed by atoms with Crippen LogP contribution in [0.3, 0.4) is 0 Å². The zero-order valence-electron chi connectivity index (χ0n) is 10.2. The molecule has 1 N–H and O–H groups in total. The van der Waals surface area contributed by atoms with Gasteiger partial charge in [-0.15, -0.1) is 0 Å². The van der Waals surface area contributed by atoms with Crippen LogP contribution in [0.15, 0.2) is 36.9 Å². The Kier molecular flexibility index (Phi) is 4.82. The molecule has 8 heteroatoms. The summed E-state index contributed by atoms with van der Waals surface area (Å²) in [6.07, 6.45) is 2.77. The second kappa shape index (κ2) is 6.08. The maximum atomic E-state index is 10.9. The van der Waals surface area contributed by atoms with Gasteiger partial charge in [0.1, 0.15) is 18.3 Å². The molecule has 1 unspecified atom stereocenters. The van der Waals surface area contributed by atoms with Gasteiger partial charge in [0.2, 0.25) is 0 Å². The first-order valence-corrected chi connectivity index (χ1v) is 7.17. The number of hydrogen-bond donors (Lipinski definition) is 1. The van der Waals surface area contributed by atoms with Crippen molar-refractivity contribution in [1.82, 2.24) is 14.8 Å². The van der Waals surface area contributed by atoms with Gasteiger partial charge >= 0.3 is 0 Å². The maximum absolute atomic E-state index is 10.9. The summed E-state index contributed by atoms with van der Waals surface area (Å²) < 4.78 is -0.125. The molecule has 20 heavy (non-hydrogen) atoms. The first-order valence-electron chi connectivity index (χ1n) is 5.66. The molecule has 1 aromatic carbocycles. The summed E-state index contributed by atoms with van der Waals surface area (Å²) in [6.45, 7) is 0.114. The fourth-order valence-corrected chi connectivity index (χ4v) is 2.71. The molecule has 0 aliphatic heterocycles. The minimum Gasteiger partial charge on any atom is -0.383 e. The number of rotatable bonds is 4. The van der Waals surface area contributed by atoms with Crippen LogP contribution in [-0.4, -0.2) is 23.7 Å². The number of nitrogens with zero attached hydrogens (tertiary/aromatic N) is 3. The van der Waals surface area contributed by atoms with Crippen molar-refractivity contribution in [2.24, 2.45) is 0 Å². The largest absolute Gasteiger partial charge is 0.383 e. The molecule has 0 aliphatic carbocycles. The lowest BCUT2D eigenvalue weighted by molar-refractivity contribution is 0.00736. The quantitative estimate of drug-likeness (QED) is 0.853. The normalized spacial score (nSPS) is 15.1. The van der Waals surface area contributed by atoms with Crippen molar-refractivity contribution in [2.75, 3.05) is 0 Å². The summed E-state index contributed by atoms with van der Waals surface area (Å²) in [6, 6.07) is 6.72. The fraction of sp³-hybridized carbons (Fsp3) is 0.333. The van der Waals surface area contributed by atoms with Crippen LogP contribution >= 0.6 is 46.4 Å². The Bertz CT molecular complexity index is 553. The summed E-state index contributed by atoms with van der Waals surface area (Å²) in [4.78, 5) is 3.83. The molecule has 2 aromatic rings. The fourth-order valence-electron chi connectivity index (χ4n) is 1.92. The first-order chi connectivity index (χ1) is 9.28. The third-order valence-corrected chi connectivity index (χ3v) is 3.42. The highest BCUT2D eigenvalue weighted by molar-refractivity contribution is 6.67. The van der Waals surface area contributed by atoms with Crippen LogP contribution in [0.2, 0.25) is 5.02 Å². The van der Waals surface area contributed by atoms with E-state index in [2.05, 4.69) is 10.1 Å². The molecule has 108 valence electrons. The maximum Gasteiger partial charge on any atom is 0.193 e. The van der Waals surface area contributed by atoms with E-state index >= 15 is 0 Å². The second-order valence-corrected chi connectivity index (χ2v) is 7.38. The molecule has 1 heterocycles. The Balaban J connectivity index is 2.34. The Morgan fingerprint density at radius 3 is 2.30 bits per heavy atom. The molecule has 0 fully saturated rings. The standard InChI is InChI=1S/C12H11Cl4N3O/c13-10-3-1-9(2-4-10)11(20,5-12(14,15)16)6-19-8-17-7-18-19/h1-4,7-8,20H,5-6H2. The van der Waals surface area contributed by atoms with Crippen LogP contribution in [-0.2, 0) is 12.1 Å². The smallest absolute Gasteiger partial charge is 0.193 e. The lowest BCUT2D eigenvalue weighted by Gasteiger charge is -2.31. The first kappa shape index (κ1) is 15.9. The van der Waals surface area contributed by atoms with E-state index in [0.29, 0.717) is 10.6 Å². The number of alkyl halides is 3. The summed E-state index contributed by atoms with van der Waals surface area (Å²) in [5, 5.41) is 15.4. The van der Waals surface area contributed by atoms with E-state index in [4.69, 9.17) is 46.4 Å². The van der Waals surface area contributed by atoms with E-state index < -0.39 is 9.39 Å². The third-order valence-electron chi connectivity index (χ3n) is 2.76. The average molecular weight is 355 g/mol. The highest BCUT2D eigenvalue weighted by Gasteiger charge is 2.38. The number of aromatic nitrogens is 3. The van der Waals surface area contributed by atoms with Crippen LogP contribution in [0.25, 0.3) is 0 Å². The van der Waals surface area contributed by atoms with E-state index in [-0.39, 0.29) is 13.0 Å². The Morgan fingerprint density at radius 1 is 1.15 bits per heavy atom. The molecule has 0 spiro atoms. The van der Waals surface area contributed by atoms with Crippen LogP contribution < -0.4 is 0 Å². The molecule has 4 nitrogen and oxygen atoms in total. The van der Waals surface area contributed by atoms with Gasteiger partial charge in [-0.2, -0.15) is 5.10 Å². The molecule has 0 amide bonds. The summed E-state index contributed by atoms with van der Waals surface area (Å²) in [7, 11) is 0. The van der Waals surface area contributed by atoms with Gasteiger partial charge in [-0.3, -0.25) is 0 Å². The Labute approximate surface area is 136 Å². The van der Waals surface area contributed by atoms with Crippen molar-refractivity contribution in [1.29, 1.82) is 0 Å². The zero-order chi connectivity index (χ0) is 14.8.